The molecule has 1 N–H and O–H groups in total. The molecule has 6 heteroatoms. The van der Waals surface area contributed by atoms with Crippen molar-refractivity contribution in [1.82, 2.24) is 5.32 Å². The normalized spacial score (nSPS) is 19.4. The topological polar surface area (TPSA) is 72.5 Å². The van der Waals surface area contributed by atoms with Crippen molar-refractivity contribution in [1.29, 1.82) is 0 Å². The summed E-state index contributed by atoms with van der Waals surface area (Å²) < 4.78 is 28.0. The molecule has 23 heavy (non-hydrogen) atoms. The van der Waals surface area contributed by atoms with Gasteiger partial charge < -0.3 is 10.1 Å². The number of carbonyl (C=O) groups excluding carboxylic acids is 1. The first-order valence-electron chi connectivity index (χ1n) is 8.09. The number of methoxy groups -OCH3 is 1. The molecule has 2 rings (SSSR count). The largest absolute Gasteiger partial charge is 0.496 e. The van der Waals surface area contributed by atoms with E-state index >= 15 is 0 Å². The molecule has 0 aliphatic carbocycles. The van der Waals surface area contributed by atoms with Gasteiger partial charge in [-0.1, -0.05) is 18.2 Å². The molecule has 1 aromatic rings. The Morgan fingerprint density at radius 2 is 2.13 bits per heavy atom. The zero-order valence-electron chi connectivity index (χ0n) is 13.6. The Morgan fingerprint density at radius 3 is 2.83 bits per heavy atom. The van der Waals surface area contributed by atoms with Crippen LogP contribution in [0.1, 0.15) is 31.2 Å². The third-order valence-electron chi connectivity index (χ3n) is 4.25. The molecule has 1 aromatic carbocycles. The first-order valence-corrected chi connectivity index (χ1v) is 9.91. The van der Waals surface area contributed by atoms with E-state index in [1.54, 1.807) is 7.11 Å². The number of amides is 1. The number of hydrogen-bond donors (Lipinski definition) is 1. The van der Waals surface area contributed by atoms with E-state index in [9.17, 15) is 13.2 Å². The smallest absolute Gasteiger partial charge is 0.220 e. The fourth-order valence-electron chi connectivity index (χ4n) is 2.96. The summed E-state index contributed by atoms with van der Waals surface area (Å²) in [6.45, 7) is 0.612. The lowest BCUT2D eigenvalue weighted by Gasteiger charge is -2.10. The second-order valence-electron chi connectivity index (χ2n) is 6.07. The summed E-state index contributed by atoms with van der Waals surface area (Å²) in [4.78, 5) is 11.9. The van der Waals surface area contributed by atoms with E-state index in [4.69, 9.17) is 4.74 Å². The number of nitrogens with one attached hydrogen (secondary N) is 1. The molecule has 128 valence electrons. The average molecular weight is 339 g/mol. The lowest BCUT2D eigenvalue weighted by atomic mass is 10.0. The van der Waals surface area contributed by atoms with E-state index in [1.807, 2.05) is 24.3 Å². The molecule has 1 aliphatic rings. The van der Waals surface area contributed by atoms with Crippen molar-refractivity contribution in [2.24, 2.45) is 5.92 Å². The second-order valence-corrected chi connectivity index (χ2v) is 8.30. The summed E-state index contributed by atoms with van der Waals surface area (Å²) in [7, 11) is -1.17. The lowest BCUT2D eigenvalue weighted by Crippen LogP contribution is -2.25. The number of para-hydroxylation sites is 1. The standard InChI is InChI=1S/C17H25NO4S/c1-22-16-7-3-2-6-15(16)8-9-17(19)18-11-4-5-14-10-12-23(20,21)13-14/h2-3,6-7,14H,4-5,8-13H2,1H3,(H,18,19). The second kappa shape index (κ2) is 8.34. The third kappa shape index (κ3) is 5.86. The Balaban J connectivity index is 1.62. The molecule has 0 aromatic heterocycles. The number of ether oxygens (including phenoxy) is 1. The molecule has 1 aliphatic heterocycles. The van der Waals surface area contributed by atoms with Crippen LogP contribution in [-0.2, 0) is 21.1 Å². The minimum absolute atomic E-state index is 0.0231. The van der Waals surface area contributed by atoms with Gasteiger partial charge in [0.25, 0.3) is 0 Å². The van der Waals surface area contributed by atoms with E-state index < -0.39 is 9.84 Å². The maximum atomic E-state index is 11.9. The van der Waals surface area contributed by atoms with Crippen LogP contribution in [0.5, 0.6) is 5.75 Å². The summed E-state index contributed by atoms with van der Waals surface area (Å²) in [5, 5.41) is 2.91. The Hall–Kier alpha value is -1.56. The predicted octanol–water partition coefficient (Wildman–Crippen LogP) is 1.96. The number of rotatable bonds is 8. The van der Waals surface area contributed by atoms with Gasteiger partial charge in [-0.3, -0.25) is 4.79 Å². The predicted molar refractivity (Wildman–Crippen MR) is 90.3 cm³/mol. The van der Waals surface area contributed by atoms with Gasteiger partial charge in [0.2, 0.25) is 5.91 Å². The van der Waals surface area contributed by atoms with Crippen molar-refractivity contribution >= 4 is 15.7 Å². The van der Waals surface area contributed by atoms with Crippen LogP contribution < -0.4 is 10.1 Å². The van der Waals surface area contributed by atoms with Crippen molar-refractivity contribution in [3.05, 3.63) is 29.8 Å². The van der Waals surface area contributed by atoms with E-state index in [2.05, 4.69) is 5.32 Å². The van der Waals surface area contributed by atoms with Gasteiger partial charge in [-0.05, 0) is 43.2 Å². The highest BCUT2D eigenvalue weighted by molar-refractivity contribution is 7.91. The van der Waals surface area contributed by atoms with Gasteiger partial charge >= 0.3 is 0 Å². The van der Waals surface area contributed by atoms with Gasteiger partial charge in [-0.2, -0.15) is 0 Å². The van der Waals surface area contributed by atoms with E-state index in [1.165, 1.54) is 0 Å². The van der Waals surface area contributed by atoms with Crippen molar-refractivity contribution in [3.63, 3.8) is 0 Å². The summed E-state index contributed by atoms with van der Waals surface area (Å²) in [5.74, 6) is 1.74. The van der Waals surface area contributed by atoms with Gasteiger partial charge in [-0.25, -0.2) is 8.42 Å². The molecule has 1 amide bonds. The number of benzene rings is 1. The van der Waals surface area contributed by atoms with Crippen molar-refractivity contribution in [3.8, 4) is 5.75 Å². The molecule has 1 heterocycles. The SMILES string of the molecule is COc1ccccc1CCC(=O)NCCCC1CCS(=O)(=O)C1. The third-order valence-corrected chi connectivity index (χ3v) is 6.09. The number of hydrogen-bond acceptors (Lipinski definition) is 4. The Labute approximate surface area is 138 Å². The van der Waals surface area contributed by atoms with Crippen LogP contribution >= 0.6 is 0 Å². The maximum Gasteiger partial charge on any atom is 0.220 e. The molecule has 0 spiro atoms. The van der Waals surface area contributed by atoms with E-state index in [0.29, 0.717) is 30.9 Å². The van der Waals surface area contributed by atoms with Crippen LogP contribution in [0.15, 0.2) is 24.3 Å². The summed E-state index contributed by atoms with van der Waals surface area (Å²) in [5.41, 5.74) is 1.03. The molecule has 1 unspecified atom stereocenters. The molecule has 1 saturated heterocycles. The van der Waals surface area contributed by atoms with Gasteiger partial charge in [-0.15, -0.1) is 0 Å². The highest BCUT2D eigenvalue weighted by Gasteiger charge is 2.27. The van der Waals surface area contributed by atoms with Crippen molar-refractivity contribution in [2.45, 2.75) is 32.1 Å². The van der Waals surface area contributed by atoms with Gasteiger partial charge in [0.1, 0.15) is 5.75 Å². The van der Waals surface area contributed by atoms with Crippen LogP contribution in [0.2, 0.25) is 0 Å². The van der Waals surface area contributed by atoms with E-state index in [0.717, 1.165) is 30.6 Å². The quantitative estimate of drug-likeness (QED) is 0.735. The lowest BCUT2D eigenvalue weighted by molar-refractivity contribution is -0.121. The molecule has 0 bridgehead atoms. The fraction of sp³-hybridized carbons (Fsp3) is 0.588. The molecule has 1 atom stereocenters. The monoisotopic (exact) mass is 339 g/mol. The zero-order chi connectivity index (χ0) is 16.7. The summed E-state index contributed by atoms with van der Waals surface area (Å²) in [6.07, 6.45) is 3.55. The molecule has 0 radical (unpaired) electrons. The molecular weight excluding hydrogens is 314 g/mol. The van der Waals surface area contributed by atoms with Crippen LogP contribution in [0.4, 0.5) is 0 Å². The average Bonchev–Trinajstić information content (AvgIpc) is 2.89. The number of carbonyl (C=O) groups is 1. The highest BCUT2D eigenvalue weighted by atomic mass is 32.2. The molecule has 5 nitrogen and oxygen atoms in total. The first-order chi connectivity index (χ1) is 11.0. The minimum Gasteiger partial charge on any atom is -0.496 e. The van der Waals surface area contributed by atoms with E-state index in [-0.39, 0.29) is 11.8 Å². The van der Waals surface area contributed by atoms with Crippen LogP contribution in [0.25, 0.3) is 0 Å². The maximum absolute atomic E-state index is 11.9. The van der Waals surface area contributed by atoms with Crippen LogP contribution in [-0.4, -0.2) is 39.5 Å². The van der Waals surface area contributed by atoms with Gasteiger partial charge in [0.05, 0.1) is 18.6 Å². The number of sulfone groups is 1. The summed E-state index contributed by atoms with van der Waals surface area (Å²) >= 11 is 0. The Kier molecular flexibility index (Phi) is 6.45. The van der Waals surface area contributed by atoms with Gasteiger partial charge in [0, 0.05) is 13.0 Å². The van der Waals surface area contributed by atoms with Crippen LogP contribution in [0, 0.1) is 5.92 Å². The number of aryl methyl sites for hydroxylation is 1. The van der Waals surface area contributed by atoms with Gasteiger partial charge in [0.15, 0.2) is 9.84 Å². The van der Waals surface area contributed by atoms with Crippen LogP contribution in [0.3, 0.4) is 0 Å². The Morgan fingerprint density at radius 1 is 1.35 bits per heavy atom. The molecular formula is C17H25NO4S. The summed E-state index contributed by atoms with van der Waals surface area (Å²) in [6, 6.07) is 7.70. The van der Waals surface area contributed by atoms with Crippen molar-refractivity contribution < 1.29 is 17.9 Å². The Bertz CT molecular complexity index is 627. The minimum atomic E-state index is -2.79. The zero-order valence-corrected chi connectivity index (χ0v) is 14.4. The highest BCUT2D eigenvalue weighted by Crippen LogP contribution is 2.22. The first kappa shape index (κ1) is 17.8. The molecule has 0 saturated carbocycles. The van der Waals surface area contributed by atoms with Crippen molar-refractivity contribution in [2.75, 3.05) is 25.2 Å². The fourth-order valence-corrected chi connectivity index (χ4v) is 4.87. The molecule has 1 fully saturated rings.